The van der Waals surface area contributed by atoms with Crippen LogP contribution in [0.15, 0.2) is 22.7 Å². The highest BCUT2D eigenvalue weighted by molar-refractivity contribution is 9.10. The third kappa shape index (κ3) is 3.07. The average Bonchev–Trinajstić information content (AvgIpc) is 2.75. The van der Waals surface area contributed by atoms with Gasteiger partial charge in [-0.3, -0.25) is 4.79 Å². The molecule has 0 aliphatic carbocycles. The largest absolute Gasteiger partial charge is 0.338 e. The van der Waals surface area contributed by atoms with Crippen LogP contribution in [0.25, 0.3) is 0 Å². The summed E-state index contributed by atoms with van der Waals surface area (Å²) in [6.45, 7) is 6.15. The van der Waals surface area contributed by atoms with E-state index in [0.717, 1.165) is 24.0 Å². The molecule has 18 heavy (non-hydrogen) atoms. The molecule has 0 saturated carbocycles. The molecule has 2 rings (SSSR count). The molecule has 1 aromatic carbocycles. The molecule has 0 bridgehead atoms. The fraction of sp³-hybridized carbons (Fsp3) is 0.500. The molecule has 1 aromatic rings. The van der Waals surface area contributed by atoms with Gasteiger partial charge in [-0.1, -0.05) is 41.4 Å². The third-order valence-electron chi connectivity index (χ3n) is 3.56. The number of hydrogen-bond donors (Lipinski definition) is 0. The summed E-state index contributed by atoms with van der Waals surface area (Å²) >= 11 is 9.35. The smallest absolute Gasteiger partial charge is 0.253 e. The second-order valence-electron chi connectivity index (χ2n) is 5.20. The lowest BCUT2D eigenvalue weighted by Gasteiger charge is -2.18. The molecule has 4 heteroatoms. The second kappa shape index (κ2) is 5.62. The molecule has 1 aliphatic rings. The van der Waals surface area contributed by atoms with Crippen LogP contribution in [-0.2, 0) is 0 Å². The van der Waals surface area contributed by atoms with E-state index in [2.05, 4.69) is 29.8 Å². The molecule has 98 valence electrons. The van der Waals surface area contributed by atoms with Gasteiger partial charge in [0, 0.05) is 28.1 Å². The lowest BCUT2D eigenvalue weighted by atomic mass is 9.95. The van der Waals surface area contributed by atoms with Gasteiger partial charge < -0.3 is 4.90 Å². The maximum absolute atomic E-state index is 12.4. The number of benzene rings is 1. The van der Waals surface area contributed by atoms with Crippen LogP contribution < -0.4 is 0 Å². The van der Waals surface area contributed by atoms with Crippen LogP contribution in [0.2, 0.25) is 5.02 Å². The normalized spacial score (nSPS) is 19.6. The van der Waals surface area contributed by atoms with Crippen LogP contribution in [0.1, 0.15) is 30.6 Å². The lowest BCUT2D eigenvalue weighted by molar-refractivity contribution is 0.0784. The zero-order valence-corrected chi connectivity index (χ0v) is 13.0. The van der Waals surface area contributed by atoms with E-state index >= 15 is 0 Å². The van der Waals surface area contributed by atoms with Crippen LogP contribution in [-0.4, -0.2) is 23.9 Å². The molecule has 1 unspecified atom stereocenters. The summed E-state index contributed by atoms with van der Waals surface area (Å²) in [4.78, 5) is 14.3. The summed E-state index contributed by atoms with van der Waals surface area (Å²) in [5.74, 6) is 1.34. The third-order valence-corrected chi connectivity index (χ3v) is 4.24. The van der Waals surface area contributed by atoms with Crippen molar-refractivity contribution in [2.75, 3.05) is 13.1 Å². The first-order chi connectivity index (χ1) is 8.47. The zero-order chi connectivity index (χ0) is 13.3. The average molecular weight is 331 g/mol. The molecule has 1 heterocycles. The first kappa shape index (κ1) is 13.9. The predicted octanol–water partition coefficient (Wildman–Crippen LogP) is 4.22. The van der Waals surface area contributed by atoms with E-state index < -0.39 is 0 Å². The molecule has 0 aromatic heterocycles. The zero-order valence-electron chi connectivity index (χ0n) is 10.6. The van der Waals surface area contributed by atoms with E-state index in [9.17, 15) is 4.79 Å². The first-order valence-electron chi connectivity index (χ1n) is 6.22. The minimum absolute atomic E-state index is 0.0846. The Hall–Kier alpha value is -0.540. The van der Waals surface area contributed by atoms with Crippen molar-refractivity contribution in [3.63, 3.8) is 0 Å². The molecule has 1 fully saturated rings. The van der Waals surface area contributed by atoms with Crippen molar-refractivity contribution in [2.45, 2.75) is 20.3 Å². The summed E-state index contributed by atoms with van der Waals surface area (Å²) < 4.78 is 0.845. The molecular formula is C14H17BrClNO. The van der Waals surface area contributed by atoms with Crippen molar-refractivity contribution in [3.8, 4) is 0 Å². The molecule has 2 nitrogen and oxygen atoms in total. The fourth-order valence-electron chi connectivity index (χ4n) is 2.38. The topological polar surface area (TPSA) is 20.3 Å². The quantitative estimate of drug-likeness (QED) is 0.795. The Morgan fingerprint density at radius 1 is 1.44 bits per heavy atom. The second-order valence-corrected chi connectivity index (χ2v) is 6.55. The van der Waals surface area contributed by atoms with Gasteiger partial charge in [-0.15, -0.1) is 0 Å². The van der Waals surface area contributed by atoms with Gasteiger partial charge in [-0.25, -0.2) is 0 Å². The van der Waals surface area contributed by atoms with Gasteiger partial charge in [0.1, 0.15) is 0 Å². The minimum atomic E-state index is 0.0846. The lowest BCUT2D eigenvalue weighted by Crippen LogP contribution is -2.29. The van der Waals surface area contributed by atoms with Crippen LogP contribution >= 0.6 is 27.5 Å². The molecule has 1 atom stereocenters. The molecular weight excluding hydrogens is 314 g/mol. The highest BCUT2D eigenvalue weighted by Crippen LogP contribution is 2.26. The number of carbonyl (C=O) groups excluding carboxylic acids is 1. The van der Waals surface area contributed by atoms with Crippen LogP contribution in [0, 0.1) is 11.8 Å². The SMILES string of the molecule is CC(C)C1CCN(C(=O)c2cc(Cl)cc(Br)c2)C1. The van der Waals surface area contributed by atoms with Gasteiger partial charge in [-0.05, 0) is 36.5 Å². The van der Waals surface area contributed by atoms with E-state index in [1.54, 1.807) is 12.1 Å². The van der Waals surface area contributed by atoms with Gasteiger partial charge >= 0.3 is 0 Å². The minimum Gasteiger partial charge on any atom is -0.338 e. The fourth-order valence-corrected chi connectivity index (χ4v) is 3.24. The number of likely N-dealkylation sites (tertiary alicyclic amines) is 1. The number of nitrogens with zero attached hydrogens (tertiary/aromatic N) is 1. The molecule has 1 aliphatic heterocycles. The van der Waals surface area contributed by atoms with Crippen LogP contribution in [0.3, 0.4) is 0 Å². The Bertz CT molecular complexity index is 441. The van der Waals surface area contributed by atoms with Crippen molar-refractivity contribution < 1.29 is 4.79 Å². The van der Waals surface area contributed by atoms with E-state index in [4.69, 9.17) is 11.6 Å². The van der Waals surface area contributed by atoms with Crippen LogP contribution in [0.4, 0.5) is 0 Å². The highest BCUT2D eigenvalue weighted by atomic mass is 79.9. The first-order valence-corrected chi connectivity index (χ1v) is 7.40. The van der Waals surface area contributed by atoms with Gasteiger partial charge in [0.2, 0.25) is 0 Å². The molecule has 0 radical (unpaired) electrons. The Kier molecular flexibility index (Phi) is 4.33. The summed E-state index contributed by atoms with van der Waals surface area (Å²) in [6, 6.07) is 5.35. The van der Waals surface area contributed by atoms with Crippen molar-refractivity contribution in [1.82, 2.24) is 4.90 Å². The van der Waals surface area contributed by atoms with Crippen molar-refractivity contribution >= 4 is 33.4 Å². The molecule has 0 N–H and O–H groups in total. The number of amides is 1. The van der Waals surface area contributed by atoms with Gasteiger partial charge in [0.25, 0.3) is 5.91 Å². The maximum Gasteiger partial charge on any atom is 0.253 e. The van der Waals surface area contributed by atoms with Gasteiger partial charge in [0.05, 0.1) is 0 Å². The predicted molar refractivity (Wildman–Crippen MR) is 78.0 cm³/mol. The van der Waals surface area contributed by atoms with Crippen molar-refractivity contribution in [1.29, 1.82) is 0 Å². The van der Waals surface area contributed by atoms with E-state index in [1.807, 2.05) is 11.0 Å². The van der Waals surface area contributed by atoms with E-state index in [0.29, 0.717) is 22.4 Å². The highest BCUT2D eigenvalue weighted by Gasteiger charge is 2.28. The Morgan fingerprint density at radius 3 is 2.72 bits per heavy atom. The number of halogens is 2. The Labute approximate surface area is 121 Å². The van der Waals surface area contributed by atoms with Crippen molar-refractivity contribution in [3.05, 3.63) is 33.3 Å². The Morgan fingerprint density at radius 2 is 2.17 bits per heavy atom. The van der Waals surface area contributed by atoms with Gasteiger partial charge in [-0.2, -0.15) is 0 Å². The van der Waals surface area contributed by atoms with Crippen molar-refractivity contribution in [2.24, 2.45) is 11.8 Å². The summed E-state index contributed by atoms with van der Waals surface area (Å²) in [6.07, 6.45) is 1.10. The molecule has 1 saturated heterocycles. The monoisotopic (exact) mass is 329 g/mol. The van der Waals surface area contributed by atoms with E-state index in [-0.39, 0.29) is 5.91 Å². The number of hydrogen-bond acceptors (Lipinski definition) is 1. The van der Waals surface area contributed by atoms with Crippen LogP contribution in [0.5, 0.6) is 0 Å². The maximum atomic E-state index is 12.4. The number of carbonyl (C=O) groups is 1. The standard InChI is InChI=1S/C14H17BrClNO/c1-9(2)10-3-4-17(8-10)14(18)11-5-12(15)7-13(16)6-11/h5-7,9-10H,3-4,8H2,1-2H3. The molecule has 1 amide bonds. The summed E-state index contributed by atoms with van der Waals surface area (Å²) in [5.41, 5.74) is 0.666. The molecule has 0 spiro atoms. The number of rotatable bonds is 2. The Balaban J connectivity index is 2.12. The summed E-state index contributed by atoms with van der Waals surface area (Å²) in [7, 11) is 0. The van der Waals surface area contributed by atoms with Gasteiger partial charge in [0.15, 0.2) is 0 Å². The summed E-state index contributed by atoms with van der Waals surface area (Å²) in [5, 5.41) is 0.590. The van der Waals surface area contributed by atoms with E-state index in [1.165, 1.54) is 0 Å².